The molecular formula is C11H14N2O5. The summed E-state index contributed by atoms with van der Waals surface area (Å²) in [6, 6.07) is 5.99. The molecule has 7 nitrogen and oxygen atoms in total. The zero-order valence-electron chi connectivity index (χ0n) is 9.79. The normalized spacial score (nSPS) is 13.9. The molecule has 1 rings (SSSR count). The summed E-state index contributed by atoms with van der Waals surface area (Å²) in [6.45, 7) is 1.27. The Kier molecular flexibility index (Phi) is 4.35. The van der Waals surface area contributed by atoms with Crippen LogP contribution in [0.3, 0.4) is 0 Å². The number of nitrogens with one attached hydrogen (secondary N) is 1. The second-order valence-electron chi connectivity index (χ2n) is 4.11. The summed E-state index contributed by atoms with van der Waals surface area (Å²) in [6.07, 6.45) is 0. The van der Waals surface area contributed by atoms with Crippen LogP contribution in [0.25, 0.3) is 0 Å². The average molecular weight is 254 g/mol. The molecule has 18 heavy (non-hydrogen) atoms. The van der Waals surface area contributed by atoms with Crippen LogP contribution in [0.2, 0.25) is 0 Å². The van der Waals surface area contributed by atoms with Crippen LogP contribution in [-0.4, -0.2) is 33.3 Å². The maximum atomic E-state index is 10.6. The standard InChI is InChI=1S/C11H14N2O5/c1-11(16,10(14)15)7-12-6-8-3-2-4-9(5-8)13(17)18/h2-5,12,16H,6-7H2,1H3,(H,14,15). The number of nitro benzene ring substituents is 1. The summed E-state index contributed by atoms with van der Waals surface area (Å²) >= 11 is 0. The number of aliphatic carboxylic acids is 1. The summed E-state index contributed by atoms with van der Waals surface area (Å²) < 4.78 is 0. The molecule has 0 heterocycles. The van der Waals surface area contributed by atoms with Gasteiger partial charge >= 0.3 is 5.97 Å². The van der Waals surface area contributed by atoms with Crippen molar-refractivity contribution in [3.8, 4) is 0 Å². The first kappa shape index (κ1) is 14.1. The number of nitro groups is 1. The Morgan fingerprint density at radius 2 is 2.22 bits per heavy atom. The molecular weight excluding hydrogens is 240 g/mol. The number of rotatable bonds is 6. The van der Waals surface area contributed by atoms with Gasteiger partial charge in [-0.25, -0.2) is 4.79 Å². The molecule has 0 fully saturated rings. The van der Waals surface area contributed by atoms with E-state index >= 15 is 0 Å². The molecule has 1 aromatic carbocycles. The van der Waals surface area contributed by atoms with Crippen LogP contribution in [0, 0.1) is 10.1 Å². The van der Waals surface area contributed by atoms with Crippen molar-refractivity contribution < 1.29 is 19.9 Å². The number of carboxylic acid groups (broad SMARTS) is 1. The van der Waals surface area contributed by atoms with Crippen molar-refractivity contribution in [3.05, 3.63) is 39.9 Å². The number of non-ortho nitro benzene ring substituents is 1. The molecule has 0 aliphatic heterocycles. The first-order chi connectivity index (χ1) is 8.33. The highest BCUT2D eigenvalue weighted by Gasteiger charge is 2.29. The topological polar surface area (TPSA) is 113 Å². The van der Waals surface area contributed by atoms with Gasteiger partial charge < -0.3 is 15.5 Å². The van der Waals surface area contributed by atoms with Crippen LogP contribution in [0.15, 0.2) is 24.3 Å². The molecule has 98 valence electrons. The monoisotopic (exact) mass is 254 g/mol. The van der Waals surface area contributed by atoms with E-state index < -0.39 is 16.5 Å². The highest BCUT2D eigenvalue weighted by molar-refractivity contribution is 5.76. The molecule has 0 aliphatic carbocycles. The van der Waals surface area contributed by atoms with Crippen molar-refractivity contribution in [1.29, 1.82) is 0 Å². The lowest BCUT2D eigenvalue weighted by Gasteiger charge is -2.18. The van der Waals surface area contributed by atoms with Gasteiger partial charge in [0, 0.05) is 25.2 Å². The van der Waals surface area contributed by atoms with E-state index in [2.05, 4.69) is 5.32 Å². The Morgan fingerprint density at radius 3 is 2.78 bits per heavy atom. The van der Waals surface area contributed by atoms with Crippen molar-refractivity contribution in [2.75, 3.05) is 6.54 Å². The van der Waals surface area contributed by atoms with E-state index in [1.807, 2.05) is 0 Å². The minimum absolute atomic E-state index is 0.0284. The molecule has 0 saturated carbocycles. The smallest absolute Gasteiger partial charge is 0.336 e. The number of hydrogen-bond donors (Lipinski definition) is 3. The van der Waals surface area contributed by atoms with E-state index in [9.17, 15) is 20.0 Å². The van der Waals surface area contributed by atoms with Gasteiger partial charge in [-0.1, -0.05) is 12.1 Å². The maximum Gasteiger partial charge on any atom is 0.336 e. The van der Waals surface area contributed by atoms with Gasteiger partial charge in [-0.3, -0.25) is 10.1 Å². The molecule has 0 spiro atoms. The SMILES string of the molecule is CC(O)(CNCc1cccc([N+](=O)[O-])c1)C(=O)O. The van der Waals surface area contributed by atoms with E-state index in [-0.39, 0.29) is 18.8 Å². The molecule has 0 saturated heterocycles. The van der Waals surface area contributed by atoms with Crippen LogP contribution < -0.4 is 5.32 Å². The van der Waals surface area contributed by atoms with Gasteiger partial charge in [0.1, 0.15) is 0 Å². The van der Waals surface area contributed by atoms with E-state index in [1.165, 1.54) is 19.1 Å². The highest BCUT2D eigenvalue weighted by atomic mass is 16.6. The van der Waals surface area contributed by atoms with Gasteiger partial charge in [-0.15, -0.1) is 0 Å². The maximum absolute atomic E-state index is 10.6. The number of carboxylic acids is 1. The highest BCUT2D eigenvalue weighted by Crippen LogP contribution is 2.13. The van der Waals surface area contributed by atoms with Crippen molar-refractivity contribution >= 4 is 11.7 Å². The fraction of sp³-hybridized carbons (Fsp3) is 0.364. The zero-order chi connectivity index (χ0) is 13.8. The van der Waals surface area contributed by atoms with Crippen LogP contribution in [0.4, 0.5) is 5.69 Å². The Hall–Kier alpha value is -1.99. The van der Waals surface area contributed by atoms with Crippen LogP contribution in [0.1, 0.15) is 12.5 Å². The van der Waals surface area contributed by atoms with E-state index in [0.717, 1.165) is 0 Å². The number of carbonyl (C=O) groups is 1. The van der Waals surface area contributed by atoms with E-state index in [1.54, 1.807) is 12.1 Å². The summed E-state index contributed by atoms with van der Waals surface area (Å²) in [4.78, 5) is 20.7. The molecule has 0 aliphatic rings. The third kappa shape index (κ3) is 3.79. The Labute approximate surface area is 103 Å². The quantitative estimate of drug-likeness (QED) is 0.504. The molecule has 1 aromatic rings. The fourth-order valence-electron chi connectivity index (χ4n) is 1.31. The molecule has 3 N–H and O–H groups in total. The molecule has 0 radical (unpaired) electrons. The van der Waals surface area contributed by atoms with Gasteiger partial charge in [-0.2, -0.15) is 0 Å². The van der Waals surface area contributed by atoms with Gasteiger partial charge in [0.05, 0.1) is 4.92 Å². The minimum atomic E-state index is -1.86. The molecule has 0 bridgehead atoms. The number of nitrogens with zero attached hydrogens (tertiary/aromatic N) is 1. The summed E-state index contributed by atoms with van der Waals surface area (Å²) in [7, 11) is 0. The Balaban J connectivity index is 2.57. The average Bonchev–Trinajstić information content (AvgIpc) is 2.29. The fourth-order valence-corrected chi connectivity index (χ4v) is 1.31. The van der Waals surface area contributed by atoms with Gasteiger partial charge in [-0.05, 0) is 12.5 Å². The van der Waals surface area contributed by atoms with Crippen molar-refractivity contribution in [2.45, 2.75) is 19.1 Å². The number of aliphatic hydroxyl groups is 1. The van der Waals surface area contributed by atoms with E-state index in [4.69, 9.17) is 5.11 Å². The first-order valence-electron chi connectivity index (χ1n) is 5.23. The predicted molar refractivity (Wildman–Crippen MR) is 63.1 cm³/mol. The predicted octanol–water partition coefficient (Wildman–Crippen LogP) is 0.520. The molecule has 1 atom stereocenters. The molecule has 7 heteroatoms. The first-order valence-corrected chi connectivity index (χ1v) is 5.23. The number of benzene rings is 1. The van der Waals surface area contributed by atoms with Crippen LogP contribution in [-0.2, 0) is 11.3 Å². The van der Waals surface area contributed by atoms with Gasteiger partial charge in [0.25, 0.3) is 5.69 Å². The van der Waals surface area contributed by atoms with Gasteiger partial charge in [0.2, 0.25) is 0 Å². The summed E-state index contributed by atoms with van der Waals surface area (Å²) in [5.74, 6) is -1.32. The third-order valence-electron chi connectivity index (χ3n) is 2.38. The lowest BCUT2D eigenvalue weighted by atomic mass is 10.1. The van der Waals surface area contributed by atoms with Crippen molar-refractivity contribution in [3.63, 3.8) is 0 Å². The van der Waals surface area contributed by atoms with E-state index in [0.29, 0.717) is 5.56 Å². The summed E-state index contributed by atoms with van der Waals surface area (Å²) in [5, 5.41) is 31.4. The van der Waals surface area contributed by atoms with Crippen molar-refractivity contribution in [2.24, 2.45) is 0 Å². The summed E-state index contributed by atoms with van der Waals surface area (Å²) in [5.41, 5.74) is -1.24. The van der Waals surface area contributed by atoms with Crippen LogP contribution in [0.5, 0.6) is 0 Å². The molecule has 1 unspecified atom stereocenters. The second-order valence-corrected chi connectivity index (χ2v) is 4.11. The lowest BCUT2D eigenvalue weighted by molar-refractivity contribution is -0.384. The molecule has 0 amide bonds. The largest absolute Gasteiger partial charge is 0.479 e. The van der Waals surface area contributed by atoms with Crippen molar-refractivity contribution in [1.82, 2.24) is 5.32 Å². The lowest BCUT2D eigenvalue weighted by Crippen LogP contribution is -2.44. The molecule has 0 aromatic heterocycles. The zero-order valence-corrected chi connectivity index (χ0v) is 9.79. The Morgan fingerprint density at radius 1 is 1.56 bits per heavy atom. The van der Waals surface area contributed by atoms with Gasteiger partial charge in [0.15, 0.2) is 5.60 Å². The second kappa shape index (κ2) is 5.56. The Bertz CT molecular complexity index is 459. The van der Waals surface area contributed by atoms with Crippen LogP contribution >= 0.6 is 0 Å². The number of hydrogen-bond acceptors (Lipinski definition) is 5. The third-order valence-corrected chi connectivity index (χ3v) is 2.38. The minimum Gasteiger partial charge on any atom is -0.479 e.